The van der Waals surface area contributed by atoms with E-state index in [1.807, 2.05) is 0 Å². The van der Waals surface area contributed by atoms with Gasteiger partial charge in [0.1, 0.15) is 0 Å². The standard InChI is InChI=1S/C15H24N2O3S/c1-10(11-6-4-5-7-11)12(9-18)21-15-16-13(19-2)8-14(17-15)20-3/h8,10-12,18H,4-7,9H2,1-3H3. The van der Waals surface area contributed by atoms with Crippen LogP contribution in [-0.2, 0) is 0 Å². The van der Waals surface area contributed by atoms with Crippen molar-refractivity contribution in [3.05, 3.63) is 6.07 Å². The van der Waals surface area contributed by atoms with Crippen molar-refractivity contribution in [1.29, 1.82) is 0 Å². The molecule has 1 aliphatic rings. The Morgan fingerprint density at radius 1 is 1.24 bits per heavy atom. The van der Waals surface area contributed by atoms with Gasteiger partial charge in [-0.3, -0.25) is 0 Å². The number of aliphatic hydroxyl groups excluding tert-OH is 1. The summed E-state index contributed by atoms with van der Waals surface area (Å²) >= 11 is 1.51. The van der Waals surface area contributed by atoms with Gasteiger partial charge in [0.05, 0.1) is 26.9 Å². The van der Waals surface area contributed by atoms with Crippen LogP contribution < -0.4 is 9.47 Å². The summed E-state index contributed by atoms with van der Waals surface area (Å²) < 4.78 is 10.3. The van der Waals surface area contributed by atoms with Crippen molar-refractivity contribution in [2.75, 3.05) is 20.8 Å². The molecule has 1 fully saturated rings. The molecule has 5 nitrogen and oxygen atoms in total. The summed E-state index contributed by atoms with van der Waals surface area (Å²) in [4.78, 5) is 8.67. The third-order valence-electron chi connectivity index (χ3n) is 4.24. The second-order valence-corrected chi connectivity index (χ2v) is 6.68. The van der Waals surface area contributed by atoms with Crippen LogP contribution >= 0.6 is 11.8 Å². The first-order valence-electron chi connectivity index (χ1n) is 7.42. The van der Waals surface area contributed by atoms with Crippen LogP contribution in [-0.4, -0.2) is 41.2 Å². The molecule has 0 saturated heterocycles. The Labute approximate surface area is 130 Å². The summed E-state index contributed by atoms with van der Waals surface area (Å²) in [6, 6.07) is 1.65. The summed E-state index contributed by atoms with van der Waals surface area (Å²) in [5, 5.41) is 10.4. The highest BCUT2D eigenvalue weighted by Crippen LogP contribution is 2.38. The number of aliphatic hydroxyl groups is 1. The van der Waals surface area contributed by atoms with Gasteiger partial charge in [0.15, 0.2) is 5.16 Å². The molecule has 0 spiro atoms. The van der Waals surface area contributed by atoms with Crippen LogP contribution in [0.2, 0.25) is 0 Å². The molecule has 1 heterocycles. The lowest BCUT2D eigenvalue weighted by molar-refractivity contribution is 0.238. The third-order valence-corrected chi connectivity index (χ3v) is 5.52. The van der Waals surface area contributed by atoms with E-state index in [0.717, 1.165) is 0 Å². The Balaban J connectivity index is 2.09. The summed E-state index contributed by atoms with van der Waals surface area (Å²) in [5.74, 6) is 2.11. The van der Waals surface area contributed by atoms with Gasteiger partial charge in [-0.2, -0.15) is 9.97 Å². The number of nitrogens with zero attached hydrogens (tertiary/aromatic N) is 2. The Bertz CT molecular complexity index is 430. The van der Waals surface area contributed by atoms with E-state index in [1.165, 1.54) is 37.4 Å². The van der Waals surface area contributed by atoms with Crippen molar-refractivity contribution in [2.24, 2.45) is 11.8 Å². The lowest BCUT2D eigenvalue weighted by Gasteiger charge is -2.26. The van der Waals surface area contributed by atoms with E-state index in [-0.39, 0.29) is 11.9 Å². The first kappa shape index (κ1) is 16.4. The largest absolute Gasteiger partial charge is 0.481 e. The third kappa shape index (κ3) is 4.23. The van der Waals surface area contributed by atoms with Crippen LogP contribution in [0.3, 0.4) is 0 Å². The highest BCUT2D eigenvalue weighted by Gasteiger charge is 2.29. The molecular weight excluding hydrogens is 288 g/mol. The molecule has 2 rings (SSSR count). The fourth-order valence-electron chi connectivity index (χ4n) is 2.88. The van der Waals surface area contributed by atoms with E-state index < -0.39 is 0 Å². The summed E-state index contributed by atoms with van der Waals surface area (Å²) in [6.45, 7) is 2.35. The lowest BCUT2D eigenvalue weighted by Crippen LogP contribution is -2.25. The van der Waals surface area contributed by atoms with Gasteiger partial charge >= 0.3 is 0 Å². The minimum atomic E-state index is 0.102. The highest BCUT2D eigenvalue weighted by atomic mass is 32.2. The van der Waals surface area contributed by atoms with E-state index in [2.05, 4.69) is 16.9 Å². The molecule has 0 amide bonds. The van der Waals surface area contributed by atoms with Crippen molar-refractivity contribution < 1.29 is 14.6 Å². The molecule has 118 valence electrons. The van der Waals surface area contributed by atoms with E-state index >= 15 is 0 Å². The fourth-order valence-corrected chi connectivity index (χ4v) is 3.95. The monoisotopic (exact) mass is 312 g/mol. The minimum Gasteiger partial charge on any atom is -0.481 e. The van der Waals surface area contributed by atoms with Crippen molar-refractivity contribution in [3.8, 4) is 11.8 Å². The zero-order valence-electron chi connectivity index (χ0n) is 12.9. The fraction of sp³-hybridized carbons (Fsp3) is 0.733. The summed E-state index contributed by atoms with van der Waals surface area (Å²) in [5.41, 5.74) is 0. The van der Waals surface area contributed by atoms with Gasteiger partial charge in [0.2, 0.25) is 11.8 Å². The maximum Gasteiger partial charge on any atom is 0.220 e. The lowest BCUT2D eigenvalue weighted by atomic mass is 9.90. The molecule has 1 saturated carbocycles. The Hall–Kier alpha value is -1.01. The van der Waals surface area contributed by atoms with E-state index in [4.69, 9.17) is 9.47 Å². The number of hydrogen-bond donors (Lipinski definition) is 1. The number of aromatic nitrogens is 2. The topological polar surface area (TPSA) is 64.5 Å². The van der Waals surface area contributed by atoms with Crippen molar-refractivity contribution >= 4 is 11.8 Å². The predicted octanol–water partition coefficient (Wildman–Crippen LogP) is 2.77. The van der Waals surface area contributed by atoms with Crippen LogP contribution in [0.25, 0.3) is 0 Å². The van der Waals surface area contributed by atoms with Gasteiger partial charge in [-0.1, -0.05) is 44.4 Å². The van der Waals surface area contributed by atoms with Gasteiger partial charge in [0, 0.05) is 5.25 Å². The number of rotatable bonds is 7. The molecule has 1 N–H and O–H groups in total. The van der Waals surface area contributed by atoms with E-state index in [0.29, 0.717) is 28.8 Å². The van der Waals surface area contributed by atoms with Gasteiger partial charge in [-0.05, 0) is 11.8 Å². The second-order valence-electron chi connectivity index (χ2n) is 5.48. The van der Waals surface area contributed by atoms with Crippen molar-refractivity contribution in [2.45, 2.75) is 43.0 Å². The maximum absolute atomic E-state index is 9.73. The molecule has 6 heteroatoms. The van der Waals surface area contributed by atoms with Crippen LogP contribution in [0.1, 0.15) is 32.6 Å². The highest BCUT2D eigenvalue weighted by molar-refractivity contribution is 7.99. The Morgan fingerprint density at radius 2 is 1.81 bits per heavy atom. The van der Waals surface area contributed by atoms with Gasteiger partial charge in [-0.25, -0.2) is 0 Å². The average Bonchev–Trinajstić information content (AvgIpc) is 3.05. The zero-order chi connectivity index (χ0) is 15.2. The number of methoxy groups -OCH3 is 2. The van der Waals surface area contributed by atoms with Crippen LogP contribution in [0.4, 0.5) is 0 Å². The maximum atomic E-state index is 9.73. The number of ether oxygens (including phenoxy) is 2. The predicted molar refractivity (Wildman–Crippen MR) is 83.0 cm³/mol. The SMILES string of the molecule is COc1cc(OC)nc(SC(CO)C(C)C2CCCC2)n1. The first-order valence-corrected chi connectivity index (χ1v) is 8.30. The van der Waals surface area contributed by atoms with E-state index in [1.54, 1.807) is 20.3 Å². The van der Waals surface area contributed by atoms with Gasteiger partial charge in [0.25, 0.3) is 0 Å². The second kappa shape index (κ2) is 7.84. The molecule has 0 radical (unpaired) electrons. The van der Waals surface area contributed by atoms with Gasteiger partial charge < -0.3 is 14.6 Å². The summed E-state index contributed by atoms with van der Waals surface area (Å²) in [7, 11) is 3.14. The first-order chi connectivity index (χ1) is 10.2. The quantitative estimate of drug-likeness (QED) is 0.617. The van der Waals surface area contributed by atoms with Gasteiger partial charge in [-0.15, -0.1) is 0 Å². The van der Waals surface area contributed by atoms with E-state index in [9.17, 15) is 5.11 Å². The molecule has 2 unspecified atom stereocenters. The summed E-state index contributed by atoms with van der Waals surface area (Å²) in [6.07, 6.45) is 5.14. The smallest absolute Gasteiger partial charge is 0.220 e. The molecule has 21 heavy (non-hydrogen) atoms. The molecule has 1 aliphatic carbocycles. The average molecular weight is 312 g/mol. The zero-order valence-corrected chi connectivity index (χ0v) is 13.7. The molecule has 1 aromatic rings. The Kier molecular flexibility index (Phi) is 6.11. The molecule has 2 atom stereocenters. The van der Waals surface area contributed by atoms with Crippen molar-refractivity contribution in [3.63, 3.8) is 0 Å². The van der Waals surface area contributed by atoms with Crippen LogP contribution in [0, 0.1) is 11.8 Å². The molecular formula is C15H24N2O3S. The number of thioether (sulfide) groups is 1. The normalized spacial score (nSPS) is 18.5. The van der Waals surface area contributed by atoms with Crippen molar-refractivity contribution in [1.82, 2.24) is 9.97 Å². The molecule has 0 bridgehead atoms. The van der Waals surface area contributed by atoms with Crippen LogP contribution in [0.5, 0.6) is 11.8 Å². The minimum absolute atomic E-state index is 0.102. The number of hydrogen-bond acceptors (Lipinski definition) is 6. The molecule has 0 aromatic carbocycles. The molecule has 1 aromatic heterocycles. The Morgan fingerprint density at radius 3 is 2.29 bits per heavy atom. The molecule has 0 aliphatic heterocycles. The van der Waals surface area contributed by atoms with Crippen LogP contribution in [0.15, 0.2) is 11.2 Å².